The molecule has 2 aromatic carbocycles. The Labute approximate surface area is 198 Å². The molecule has 0 aliphatic carbocycles. The Hall–Kier alpha value is -3.65. The van der Waals surface area contributed by atoms with E-state index in [-0.39, 0.29) is 36.8 Å². The van der Waals surface area contributed by atoms with Crippen molar-refractivity contribution >= 4 is 11.8 Å². The number of hydrogen-bond donors (Lipinski definition) is 1. The first-order chi connectivity index (χ1) is 16.6. The lowest BCUT2D eigenvalue weighted by Crippen LogP contribution is -2.39. The molecule has 1 N–H and O–H groups in total. The van der Waals surface area contributed by atoms with Gasteiger partial charge in [-0.2, -0.15) is 0 Å². The van der Waals surface area contributed by atoms with Crippen LogP contribution in [0.3, 0.4) is 0 Å². The molecule has 1 atom stereocenters. The minimum absolute atomic E-state index is 0.0270. The number of para-hydroxylation sites is 1. The molecule has 0 spiro atoms. The Morgan fingerprint density at radius 3 is 2.68 bits per heavy atom. The Balaban J connectivity index is 1.35. The first-order valence-corrected chi connectivity index (χ1v) is 11.4. The van der Waals surface area contributed by atoms with Crippen LogP contribution in [-0.4, -0.2) is 47.7 Å². The van der Waals surface area contributed by atoms with Crippen molar-refractivity contribution in [3.63, 3.8) is 0 Å². The van der Waals surface area contributed by atoms with Crippen LogP contribution in [0.5, 0.6) is 5.75 Å². The van der Waals surface area contributed by atoms with Gasteiger partial charge in [0, 0.05) is 25.8 Å². The summed E-state index contributed by atoms with van der Waals surface area (Å²) in [5.74, 6) is 0.521. The third-order valence-corrected chi connectivity index (χ3v) is 5.62. The van der Waals surface area contributed by atoms with Crippen LogP contribution in [-0.2, 0) is 22.6 Å². The second-order valence-electron chi connectivity index (χ2n) is 8.36. The maximum Gasteiger partial charge on any atom is 0.273 e. The molecule has 3 aromatic rings. The number of amides is 2. The van der Waals surface area contributed by atoms with Gasteiger partial charge in [-0.3, -0.25) is 9.59 Å². The van der Waals surface area contributed by atoms with Gasteiger partial charge in [0.05, 0.1) is 12.6 Å². The Kier molecular flexibility index (Phi) is 7.93. The lowest BCUT2D eigenvalue weighted by molar-refractivity contribution is -0.136. The largest absolute Gasteiger partial charge is 0.484 e. The van der Waals surface area contributed by atoms with E-state index in [0.29, 0.717) is 31.2 Å². The molecular formula is C26H29N3O5. The van der Waals surface area contributed by atoms with E-state index in [4.69, 9.17) is 14.0 Å². The van der Waals surface area contributed by atoms with Crippen molar-refractivity contribution in [2.24, 2.45) is 0 Å². The number of aromatic nitrogens is 1. The molecule has 2 amide bonds. The predicted molar refractivity (Wildman–Crippen MR) is 125 cm³/mol. The van der Waals surface area contributed by atoms with Crippen LogP contribution in [0.15, 0.2) is 65.2 Å². The van der Waals surface area contributed by atoms with Crippen molar-refractivity contribution in [2.75, 3.05) is 19.8 Å². The number of aryl methyl sites for hydroxylation is 1. The lowest BCUT2D eigenvalue weighted by Gasteiger charge is -2.24. The molecule has 4 rings (SSSR count). The smallest absolute Gasteiger partial charge is 0.273 e. The number of rotatable bonds is 10. The molecule has 8 nitrogen and oxygen atoms in total. The summed E-state index contributed by atoms with van der Waals surface area (Å²) < 4.78 is 16.7. The van der Waals surface area contributed by atoms with Gasteiger partial charge >= 0.3 is 0 Å². The first kappa shape index (κ1) is 23.5. The van der Waals surface area contributed by atoms with Crippen LogP contribution in [0.1, 0.15) is 40.2 Å². The number of benzene rings is 2. The van der Waals surface area contributed by atoms with E-state index in [0.717, 1.165) is 24.0 Å². The highest BCUT2D eigenvalue weighted by molar-refractivity contribution is 5.92. The summed E-state index contributed by atoms with van der Waals surface area (Å²) >= 11 is 0. The normalized spacial score (nSPS) is 15.1. The first-order valence-electron chi connectivity index (χ1n) is 11.4. The quantitative estimate of drug-likeness (QED) is 0.495. The van der Waals surface area contributed by atoms with Crippen molar-refractivity contribution in [3.05, 3.63) is 83.2 Å². The van der Waals surface area contributed by atoms with Crippen molar-refractivity contribution in [2.45, 2.75) is 39.0 Å². The molecule has 2 heterocycles. The summed E-state index contributed by atoms with van der Waals surface area (Å²) in [6, 6.07) is 18.7. The zero-order valence-electron chi connectivity index (χ0n) is 19.2. The van der Waals surface area contributed by atoms with E-state index in [1.54, 1.807) is 23.1 Å². The highest BCUT2D eigenvalue weighted by Crippen LogP contribution is 2.17. The minimum Gasteiger partial charge on any atom is -0.484 e. The fourth-order valence-electron chi connectivity index (χ4n) is 3.70. The number of carbonyl (C=O) groups is 2. The summed E-state index contributed by atoms with van der Waals surface area (Å²) in [7, 11) is 0. The fourth-order valence-corrected chi connectivity index (χ4v) is 3.70. The third-order valence-electron chi connectivity index (χ3n) is 5.62. The van der Waals surface area contributed by atoms with Crippen molar-refractivity contribution in [3.8, 4) is 5.75 Å². The van der Waals surface area contributed by atoms with Crippen LogP contribution in [0.2, 0.25) is 0 Å². The number of nitrogens with zero attached hydrogens (tertiary/aromatic N) is 2. The van der Waals surface area contributed by atoms with Crippen LogP contribution in [0.25, 0.3) is 0 Å². The van der Waals surface area contributed by atoms with Crippen LogP contribution < -0.4 is 10.1 Å². The van der Waals surface area contributed by atoms with Crippen LogP contribution in [0, 0.1) is 6.92 Å². The topological polar surface area (TPSA) is 93.9 Å². The molecule has 1 saturated heterocycles. The van der Waals surface area contributed by atoms with E-state index in [1.807, 2.05) is 49.4 Å². The molecule has 1 unspecified atom stereocenters. The maximum absolute atomic E-state index is 12.9. The van der Waals surface area contributed by atoms with Gasteiger partial charge in [0.15, 0.2) is 18.1 Å². The second kappa shape index (κ2) is 11.5. The van der Waals surface area contributed by atoms with Gasteiger partial charge in [0.2, 0.25) is 0 Å². The minimum atomic E-state index is -0.333. The molecule has 8 heteroatoms. The molecule has 0 bridgehead atoms. The maximum atomic E-state index is 12.9. The number of hydrogen-bond acceptors (Lipinski definition) is 6. The summed E-state index contributed by atoms with van der Waals surface area (Å²) in [6.07, 6.45) is 1.84. The monoisotopic (exact) mass is 463 g/mol. The Bertz CT molecular complexity index is 1080. The molecule has 1 fully saturated rings. The van der Waals surface area contributed by atoms with E-state index < -0.39 is 0 Å². The molecule has 34 heavy (non-hydrogen) atoms. The molecule has 178 valence electrons. The molecule has 1 aromatic heterocycles. The summed E-state index contributed by atoms with van der Waals surface area (Å²) in [4.78, 5) is 27.1. The van der Waals surface area contributed by atoms with E-state index >= 15 is 0 Å². The van der Waals surface area contributed by atoms with E-state index in [9.17, 15) is 9.59 Å². The molecular weight excluding hydrogens is 434 g/mol. The highest BCUT2D eigenvalue weighted by Gasteiger charge is 2.25. The van der Waals surface area contributed by atoms with Gasteiger partial charge in [0.25, 0.3) is 11.8 Å². The lowest BCUT2D eigenvalue weighted by atomic mass is 10.1. The predicted octanol–water partition coefficient (Wildman–Crippen LogP) is 3.50. The summed E-state index contributed by atoms with van der Waals surface area (Å²) in [5, 5.41) is 6.73. The van der Waals surface area contributed by atoms with Crippen molar-refractivity contribution in [1.82, 2.24) is 15.4 Å². The molecule has 1 aliphatic heterocycles. The van der Waals surface area contributed by atoms with E-state index in [1.165, 1.54) is 0 Å². The number of nitrogens with one attached hydrogen (secondary N) is 1. The average Bonchev–Trinajstić information content (AvgIpc) is 3.55. The Morgan fingerprint density at radius 2 is 1.94 bits per heavy atom. The van der Waals surface area contributed by atoms with Gasteiger partial charge in [-0.15, -0.1) is 0 Å². The highest BCUT2D eigenvalue weighted by atomic mass is 16.5. The van der Waals surface area contributed by atoms with Gasteiger partial charge in [-0.05, 0) is 37.5 Å². The second-order valence-corrected chi connectivity index (χ2v) is 8.36. The molecule has 0 radical (unpaired) electrons. The van der Waals surface area contributed by atoms with Gasteiger partial charge in [-0.1, -0.05) is 53.2 Å². The fraction of sp³-hybridized carbons (Fsp3) is 0.346. The van der Waals surface area contributed by atoms with Gasteiger partial charge < -0.3 is 24.2 Å². The SMILES string of the molecule is Cc1ccc(CNC(=O)c2cc(CN(CC3CCCO3)C(=O)COc3ccccc3)on2)cc1. The standard InChI is InChI=1S/C26H29N3O5/c1-19-9-11-20(12-10-19)15-27-26(31)24-14-23(34-28-24)17-29(16-22-8-5-13-32-22)25(30)18-33-21-6-3-2-4-7-21/h2-4,6-7,9-12,14,22H,5,8,13,15-18H2,1H3,(H,27,31). The molecule has 1 aliphatic rings. The number of carbonyl (C=O) groups excluding carboxylic acids is 2. The van der Waals surface area contributed by atoms with Crippen LogP contribution >= 0.6 is 0 Å². The van der Waals surface area contributed by atoms with Gasteiger partial charge in [-0.25, -0.2) is 0 Å². The van der Waals surface area contributed by atoms with Crippen LogP contribution in [0.4, 0.5) is 0 Å². The number of ether oxygens (including phenoxy) is 2. The average molecular weight is 464 g/mol. The van der Waals surface area contributed by atoms with Crippen molar-refractivity contribution in [1.29, 1.82) is 0 Å². The molecule has 0 saturated carbocycles. The zero-order valence-corrected chi connectivity index (χ0v) is 19.2. The Morgan fingerprint density at radius 1 is 1.15 bits per heavy atom. The zero-order chi connectivity index (χ0) is 23.8. The summed E-state index contributed by atoms with van der Waals surface area (Å²) in [6.45, 7) is 3.60. The third kappa shape index (κ3) is 6.68. The summed E-state index contributed by atoms with van der Waals surface area (Å²) in [5.41, 5.74) is 2.33. The van der Waals surface area contributed by atoms with E-state index in [2.05, 4.69) is 10.5 Å². The van der Waals surface area contributed by atoms with Crippen molar-refractivity contribution < 1.29 is 23.6 Å². The van der Waals surface area contributed by atoms with Gasteiger partial charge in [0.1, 0.15) is 5.75 Å².